The molecule has 20 rings (SSSR count). The molecule has 0 bridgehead atoms. The fourth-order valence-electron chi connectivity index (χ4n) is 14.7. The van der Waals surface area contributed by atoms with Gasteiger partial charge in [0.05, 0.1) is 173 Å². The van der Waals surface area contributed by atoms with Gasteiger partial charge in [0.2, 0.25) is 23.8 Å². The number of hydrogen-bond donors (Lipinski definition) is 11. The number of rotatable bonds is 32. The first-order chi connectivity index (χ1) is 73.3. The summed E-state index contributed by atoms with van der Waals surface area (Å²) in [6.45, 7) is 10.7. The third-order valence-corrected chi connectivity index (χ3v) is 22.1. The highest BCUT2D eigenvalue weighted by atomic mass is 35.5. The number of phenolic OH excluding ortho intramolecular Hbond substituents is 3. The van der Waals surface area contributed by atoms with Crippen LogP contribution in [0.3, 0.4) is 0 Å². The van der Waals surface area contributed by atoms with Crippen LogP contribution < -0.4 is 81.5 Å². The third kappa shape index (κ3) is 31.4. The minimum absolute atomic E-state index is 0.107. The molecule has 8 aromatic carbocycles. The van der Waals surface area contributed by atoms with Crippen molar-refractivity contribution in [3.05, 3.63) is 342 Å². The first-order valence-electron chi connectivity index (χ1n) is 46.7. The minimum atomic E-state index is -0.496. The van der Waals surface area contributed by atoms with Crippen molar-refractivity contribution in [2.75, 3.05) is 168 Å². The Bertz CT molecular complexity index is 7310. The van der Waals surface area contributed by atoms with Crippen molar-refractivity contribution in [1.82, 2.24) is 59.8 Å². The van der Waals surface area contributed by atoms with Gasteiger partial charge in [0, 0.05) is 122 Å². The Morgan fingerprint density at radius 3 is 0.867 bits per heavy atom. The zero-order chi connectivity index (χ0) is 104. The van der Waals surface area contributed by atoms with Gasteiger partial charge < -0.3 is 94.1 Å². The third-order valence-electron chi connectivity index (χ3n) is 21.7. The summed E-state index contributed by atoms with van der Waals surface area (Å²) < 4.78 is 101. The topological polar surface area (TPSA) is 448 Å². The molecule has 0 saturated carbocycles. The van der Waals surface area contributed by atoms with E-state index in [0.717, 1.165) is 70.2 Å². The van der Waals surface area contributed by atoms with Crippen molar-refractivity contribution >= 4 is 141 Å². The van der Waals surface area contributed by atoms with E-state index < -0.39 is 23.3 Å². The van der Waals surface area contributed by atoms with Crippen molar-refractivity contribution in [3.8, 4) is 63.2 Å². The molecular formula is C105H96Cl2F4N28O11. The first kappa shape index (κ1) is 103. The standard InChI is InChI=1S/C27H25ClFN7O2.C26H23ClFN7O3.2C26H24FN7O3/c1-18-11-19(28)13-24(12-18)38-23-4-2-3-20(14-23)33-22-6-5-21(30-15-22)16-32-35-27-31-17-25(29)26(34-27)36-7-9-37-10-8-36;27-17-10-20(12-23(11-17)38-22-3-1-2-21(36)13-22)32-19-5-4-18(29-14-19)15-31-34-26-30-16-24(28)25(33-26)35-6-8-37-9-7-35;27-24-17-29-26(32-25(24)34-9-11-36-12-10-34)33-30-16-19-7-8-20(15-28-19)31-18-3-1-5-22(13-18)37-23-6-2-4-21(35)14-23;27-24-17-29-26(32-25(24)34-10-12-36-13-11-34)33-30-16-19-4-5-20(15-28-19)31-18-6-8-22(9-7-18)37-23-3-1-2-21(35)14-23/h2-6,11-17,33H,7-10H2,1H3,(H,31,34,35);1-5,10-16,32,36H,6-9H2,(H,30,33,34);1-8,13-17,31,35H,9-12H2,(H,29,32,33);1-9,14-17,31,35H,10-13H2,(H,29,32,33)/b32-16+;31-15+;2*30-16+. The van der Waals surface area contributed by atoms with Crippen LogP contribution in [0, 0.1) is 30.2 Å². The van der Waals surface area contributed by atoms with Gasteiger partial charge in [-0.05, 0) is 176 Å². The maximum atomic E-state index is 14.2. The molecule has 0 spiro atoms. The molecule has 0 aliphatic carbocycles. The normalized spacial score (nSPS) is 13.5. The molecule has 16 aromatic rings. The predicted molar refractivity (Wildman–Crippen MR) is 567 cm³/mol. The Kier molecular flexibility index (Phi) is 35.7. The van der Waals surface area contributed by atoms with Gasteiger partial charge in [0.1, 0.15) is 63.2 Å². The Morgan fingerprint density at radius 2 is 0.553 bits per heavy atom. The molecular weight excluding hydrogens is 1980 g/mol. The highest BCUT2D eigenvalue weighted by Crippen LogP contribution is 2.36. The molecule has 4 aliphatic heterocycles. The molecule has 0 radical (unpaired) electrons. The fraction of sp³-hybridized carbons (Fsp3) is 0.162. The number of nitrogens with one attached hydrogen (secondary N) is 8. The predicted octanol–water partition coefficient (Wildman–Crippen LogP) is 20.0. The average molecular weight is 2070 g/mol. The highest BCUT2D eigenvalue weighted by Gasteiger charge is 2.24. The van der Waals surface area contributed by atoms with Gasteiger partial charge in [-0.15, -0.1) is 0 Å². The Hall–Kier alpha value is -18.3. The summed E-state index contributed by atoms with van der Waals surface area (Å²) in [5, 5.41) is 59.4. The molecule has 8 aromatic heterocycles. The lowest BCUT2D eigenvalue weighted by atomic mass is 10.2. The molecule has 0 unspecified atom stereocenters. The highest BCUT2D eigenvalue weighted by molar-refractivity contribution is 6.31. The van der Waals surface area contributed by atoms with Crippen LogP contribution in [0.25, 0.3) is 0 Å². The number of ether oxygens (including phenoxy) is 8. The molecule has 4 saturated heterocycles. The van der Waals surface area contributed by atoms with E-state index in [1.807, 2.05) is 142 Å². The summed E-state index contributed by atoms with van der Waals surface area (Å²) >= 11 is 12.4. The number of benzene rings is 8. The molecule has 45 heteroatoms. The largest absolute Gasteiger partial charge is 0.508 e. The number of phenols is 3. The van der Waals surface area contributed by atoms with Crippen LogP contribution >= 0.6 is 23.2 Å². The van der Waals surface area contributed by atoms with E-state index in [-0.39, 0.29) is 64.3 Å². The van der Waals surface area contributed by atoms with Crippen molar-refractivity contribution < 1.29 is 70.8 Å². The second kappa shape index (κ2) is 52.0. The summed E-state index contributed by atoms with van der Waals surface area (Å²) in [5.41, 5.74) is 20.6. The molecule has 764 valence electrons. The second-order valence-electron chi connectivity index (χ2n) is 32.8. The molecule has 12 heterocycles. The maximum Gasteiger partial charge on any atom is 0.245 e. The summed E-state index contributed by atoms with van der Waals surface area (Å²) in [6, 6.07) is 67.6. The van der Waals surface area contributed by atoms with E-state index in [4.69, 9.17) is 61.1 Å². The molecule has 4 fully saturated rings. The second-order valence-corrected chi connectivity index (χ2v) is 33.7. The van der Waals surface area contributed by atoms with Crippen molar-refractivity contribution in [2.45, 2.75) is 6.92 Å². The smallest absolute Gasteiger partial charge is 0.245 e. The van der Waals surface area contributed by atoms with Crippen LogP contribution in [-0.4, -0.2) is 205 Å². The summed E-state index contributed by atoms with van der Waals surface area (Å²) in [4.78, 5) is 57.5. The monoisotopic (exact) mass is 2070 g/mol. The number of hydrogen-bond acceptors (Lipinski definition) is 39. The minimum Gasteiger partial charge on any atom is -0.508 e. The molecule has 11 N–H and O–H groups in total. The van der Waals surface area contributed by atoms with Gasteiger partial charge in [-0.2, -0.15) is 40.3 Å². The van der Waals surface area contributed by atoms with E-state index in [1.165, 1.54) is 30.9 Å². The number of aromatic nitrogens is 12. The lowest BCUT2D eigenvalue weighted by Gasteiger charge is -2.27. The number of aryl methyl sites for hydroxylation is 1. The number of hydrazone groups is 4. The van der Waals surface area contributed by atoms with Crippen LogP contribution in [-0.2, 0) is 18.9 Å². The van der Waals surface area contributed by atoms with Crippen LogP contribution in [0.15, 0.2) is 301 Å². The maximum absolute atomic E-state index is 14.2. The Balaban J connectivity index is 0.000000136. The zero-order valence-electron chi connectivity index (χ0n) is 80.0. The van der Waals surface area contributed by atoms with Crippen molar-refractivity contribution in [2.24, 2.45) is 20.4 Å². The van der Waals surface area contributed by atoms with Gasteiger partial charge >= 0.3 is 0 Å². The van der Waals surface area contributed by atoms with Crippen molar-refractivity contribution in [1.29, 1.82) is 0 Å². The molecule has 39 nitrogen and oxygen atoms in total. The van der Waals surface area contributed by atoms with Gasteiger partial charge in [0.15, 0.2) is 46.5 Å². The van der Waals surface area contributed by atoms with E-state index >= 15 is 0 Å². The van der Waals surface area contributed by atoms with Gasteiger partial charge in [-0.25, -0.2) is 59.2 Å². The number of pyridine rings is 4. The van der Waals surface area contributed by atoms with E-state index in [9.17, 15) is 32.9 Å². The fourth-order valence-corrected chi connectivity index (χ4v) is 15.2. The Labute approximate surface area is 866 Å². The molecule has 0 atom stereocenters. The van der Waals surface area contributed by atoms with Crippen LogP contribution in [0.1, 0.15) is 28.3 Å². The van der Waals surface area contributed by atoms with E-state index in [2.05, 4.69) is 123 Å². The number of anilines is 16. The van der Waals surface area contributed by atoms with Crippen LogP contribution in [0.5, 0.6) is 63.2 Å². The number of nitrogens with zero attached hydrogens (tertiary/aromatic N) is 20. The van der Waals surface area contributed by atoms with Gasteiger partial charge in [-0.3, -0.25) is 19.9 Å². The first-order valence-corrected chi connectivity index (χ1v) is 47.5. The van der Waals surface area contributed by atoms with Gasteiger partial charge in [0.25, 0.3) is 0 Å². The molecule has 4 aliphatic rings. The average Bonchev–Trinajstić information content (AvgIpc) is 0.840. The number of aromatic hydroxyl groups is 3. The van der Waals surface area contributed by atoms with Crippen LogP contribution in [0.4, 0.5) is 110 Å². The van der Waals surface area contributed by atoms with Crippen molar-refractivity contribution in [3.63, 3.8) is 0 Å². The van der Waals surface area contributed by atoms with E-state index in [0.29, 0.717) is 190 Å². The zero-order valence-corrected chi connectivity index (χ0v) is 81.5. The summed E-state index contributed by atoms with van der Waals surface area (Å²) in [7, 11) is 0. The number of morpholine rings is 4. The van der Waals surface area contributed by atoms with Crippen LogP contribution in [0.2, 0.25) is 10.0 Å². The lowest BCUT2D eigenvalue weighted by Crippen LogP contribution is -2.37. The SMILES string of the molecule is Cc1cc(Cl)cc(Oc2cccc(Nc3ccc(/C=N/Nc4ncc(F)c(N5CCOCC5)n4)nc3)c2)c1.Oc1cccc(Oc2cc(Cl)cc(Nc3ccc(/C=N/Nc4ncc(F)c(N5CCOCC5)n4)nc3)c2)c1.Oc1cccc(Oc2ccc(Nc3ccc(/C=N/Nc4ncc(F)c(N5CCOCC5)n4)nc3)cc2)c1.Oc1cccc(Oc2cccc(Nc3ccc(/C=N/Nc4ncc(F)c(N5CCOCC5)n4)nc3)c2)c1. The summed E-state index contributed by atoms with van der Waals surface area (Å²) in [5.74, 6) is 4.79. The molecule has 150 heavy (non-hydrogen) atoms. The lowest BCUT2D eigenvalue weighted by molar-refractivity contribution is 0.122. The number of halogens is 6. The molecule has 0 amide bonds. The Morgan fingerprint density at radius 1 is 0.280 bits per heavy atom. The van der Waals surface area contributed by atoms with E-state index in [1.54, 1.807) is 134 Å². The summed E-state index contributed by atoms with van der Waals surface area (Å²) in [6.07, 6.45) is 17.3. The van der Waals surface area contributed by atoms with Gasteiger partial charge in [-0.1, -0.05) is 53.5 Å². The quantitative estimate of drug-likeness (QED) is 0.0106.